The Labute approximate surface area is 151 Å². The largest absolute Gasteiger partial charge is 0.497 e. The number of methoxy groups -OCH3 is 1. The fourth-order valence-corrected chi connectivity index (χ4v) is 3.43. The van der Waals surface area contributed by atoms with Gasteiger partial charge in [0.2, 0.25) is 0 Å². The zero-order chi connectivity index (χ0) is 17.8. The summed E-state index contributed by atoms with van der Waals surface area (Å²) in [5.41, 5.74) is 2.58. The Bertz CT molecular complexity index is 887. The van der Waals surface area contributed by atoms with Gasteiger partial charge in [-0.2, -0.15) is 0 Å². The monoisotopic (exact) mass is 353 g/mol. The number of aryl methyl sites for hydroxylation is 1. The number of hydrogen-bond acceptors (Lipinski definition) is 5. The van der Waals surface area contributed by atoms with Crippen LogP contribution in [0.25, 0.3) is 10.6 Å². The van der Waals surface area contributed by atoms with Crippen LogP contribution in [-0.4, -0.2) is 17.9 Å². The minimum absolute atomic E-state index is 0.0383. The maximum atomic E-state index is 11.8. The molecule has 3 rings (SSSR count). The lowest BCUT2D eigenvalue weighted by molar-refractivity contribution is 0.101. The minimum atomic E-state index is -0.0383. The van der Waals surface area contributed by atoms with E-state index in [9.17, 15) is 4.79 Å². The van der Waals surface area contributed by atoms with Gasteiger partial charge in [0, 0.05) is 11.6 Å². The number of aromatic nitrogens is 1. The van der Waals surface area contributed by atoms with Crippen LogP contribution in [0.1, 0.15) is 27.9 Å². The molecule has 2 aromatic carbocycles. The second kappa shape index (κ2) is 7.49. The first kappa shape index (κ1) is 17.2. The minimum Gasteiger partial charge on any atom is -0.497 e. The molecule has 0 saturated heterocycles. The van der Waals surface area contributed by atoms with Crippen LogP contribution in [0.3, 0.4) is 0 Å². The predicted molar refractivity (Wildman–Crippen MR) is 99.6 cm³/mol. The Hall–Kier alpha value is -2.66. The average Bonchev–Trinajstić information content (AvgIpc) is 3.01. The van der Waals surface area contributed by atoms with E-state index in [-0.39, 0.29) is 5.78 Å². The maximum Gasteiger partial charge on any atom is 0.163 e. The summed E-state index contributed by atoms with van der Waals surface area (Å²) in [4.78, 5) is 17.5. The van der Waals surface area contributed by atoms with Gasteiger partial charge in [-0.05, 0) is 26.0 Å². The van der Waals surface area contributed by atoms with Crippen molar-refractivity contribution in [1.82, 2.24) is 4.98 Å². The molecular formula is C20H19NO3S. The molecular weight excluding hydrogens is 334 g/mol. The Morgan fingerprint density at radius 2 is 1.92 bits per heavy atom. The van der Waals surface area contributed by atoms with Gasteiger partial charge in [0.05, 0.1) is 23.2 Å². The van der Waals surface area contributed by atoms with E-state index in [1.807, 2.05) is 37.3 Å². The third-order valence-corrected chi connectivity index (χ3v) is 5.02. The van der Waals surface area contributed by atoms with E-state index in [0.717, 1.165) is 21.1 Å². The molecule has 4 nitrogen and oxygen atoms in total. The van der Waals surface area contributed by atoms with Crippen molar-refractivity contribution >= 4 is 17.1 Å². The molecule has 3 aromatic rings. The Kier molecular flexibility index (Phi) is 5.14. The third kappa shape index (κ3) is 3.88. The van der Waals surface area contributed by atoms with Crippen LogP contribution in [-0.2, 0) is 6.61 Å². The van der Waals surface area contributed by atoms with E-state index in [1.165, 1.54) is 6.92 Å². The van der Waals surface area contributed by atoms with Gasteiger partial charge in [0.25, 0.3) is 0 Å². The highest BCUT2D eigenvalue weighted by molar-refractivity contribution is 7.15. The molecule has 0 radical (unpaired) electrons. The lowest BCUT2D eigenvalue weighted by Crippen LogP contribution is -2.02. The number of carbonyl (C=O) groups excluding carboxylic acids is 1. The molecule has 128 valence electrons. The molecule has 0 aliphatic heterocycles. The number of benzene rings is 2. The molecule has 0 unspecified atom stereocenters. The summed E-state index contributed by atoms with van der Waals surface area (Å²) in [6.45, 7) is 3.86. The number of nitrogens with zero attached hydrogens (tertiary/aromatic N) is 1. The first-order valence-electron chi connectivity index (χ1n) is 7.92. The fourth-order valence-electron chi connectivity index (χ4n) is 2.45. The number of thiazole rings is 1. The van der Waals surface area contributed by atoms with Crippen molar-refractivity contribution in [2.24, 2.45) is 0 Å². The molecule has 0 saturated carbocycles. The van der Waals surface area contributed by atoms with Crippen LogP contribution in [0.15, 0.2) is 48.5 Å². The molecule has 0 bridgehead atoms. The normalized spacial score (nSPS) is 10.5. The smallest absolute Gasteiger partial charge is 0.163 e. The maximum absolute atomic E-state index is 11.8. The highest BCUT2D eigenvalue weighted by Gasteiger charge is 2.13. The number of rotatable bonds is 6. The van der Waals surface area contributed by atoms with Crippen molar-refractivity contribution in [2.75, 3.05) is 7.11 Å². The molecule has 25 heavy (non-hydrogen) atoms. The van der Waals surface area contributed by atoms with E-state index in [2.05, 4.69) is 4.98 Å². The number of hydrogen-bond donors (Lipinski definition) is 0. The number of Topliss-reactive ketones (excluding diaryl/α,β-unsaturated/α-hetero) is 1. The van der Waals surface area contributed by atoms with Crippen LogP contribution < -0.4 is 9.47 Å². The van der Waals surface area contributed by atoms with Gasteiger partial charge in [-0.15, -0.1) is 11.3 Å². The Morgan fingerprint density at radius 1 is 1.16 bits per heavy atom. The Balaban J connectivity index is 1.83. The quantitative estimate of drug-likeness (QED) is 0.591. The third-order valence-electron chi connectivity index (χ3n) is 3.84. The molecule has 0 N–H and O–H groups in total. The second-order valence-corrected chi connectivity index (χ2v) is 6.68. The predicted octanol–water partition coefficient (Wildman–Crippen LogP) is 4.91. The summed E-state index contributed by atoms with van der Waals surface area (Å²) >= 11 is 1.60. The summed E-state index contributed by atoms with van der Waals surface area (Å²) in [5.74, 6) is 1.15. The SMILES string of the molecule is COc1ccc(C(C)=O)c(OCc2sc(-c3ccccc3)nc2C)c1. The molecule has 1 aromatic heterocycles. The Morgan fingerprint density at radius 3 is 2.60 bits per heavy atom. The first-order valence-corrected chi connectivity index (χ1v) is 8.73. The topological polar surface area (TPSA) is 48.4 Å². The highest BCUT2D eigenvalue weighted by Crippen LogP contribution is 2.30. The summed E-state index contributed by atoms with van der Waals surface area (Å²) < 4.78 is 11.2. The van der Waals surface area contributed by atoms with Crippen LogP contribution in [0.5, 0.6) is 11.5 Å². The van der Waals surface area contributed by atoms with Gasteiger partial charge < -0.3 is 9.47 Å². The summed E-state index contributed by atoms with van der Waals surface area (Å²) in [6, 6.07) is 15.3. The van der Waals surface area contributed by atoms with Crippen molar-refractivity contribution in [3.05, 3.63) is 64.7 Å². The molecule has 0 atom stereocenters. The van der Waals surface area contributed by atoms with Crippen molar-refractivity contribution in [2.45, 2.75) is 20.5 Å². The first-order chi connectivity index (χ1) is 12.1. The number of ether oxygens (including phenoxy) is 2. The van der Waals surface area contributed by atoms with Gasteiger partial charge in [0.15, 0.2) is 5.78 Å². The molecule has 0 aliphatic carbocycles. The van der Waals surface area contributed by atoms with Gasteiger partial charge in [0.1, 0.15) is 23.1 Å². The molecule has 5 heteroatoms. The van der Waals surface area contributed by atoms with Crippen LogP contribution in [0.2, 0.25) is 0 Å². The lowest BCUT2D eigenvalue weighted by atomic mass is 10.1. The summed E-state index contributed by atoms with van der Waals surface area (Å²) in [5, 5.41) is 0.967. The van der Waals surface area contributed by atoms with Crippen LogP contribution in [0.4, 0.5) is 0 Å². The number of carbonyl (C=O) groups is 1. The summed E-state index contributed by atoms with van der Waals surface area (Å²) in [6.07, 6.45) is 0. The van der Waals surface area contributed by atoms with E-state index >= 15 is 0 Å². The van der Waals surface area contributed by atoms with E-state index in [0.29, 0.717) is 23.7 Å². The number of ketones is 1. The van der Waals surface area contributed by atoms with Crippen molar-refractivity contribution in [1.29, 1.82) is 0 Å². The van der Waals surface area contributed by atoms with E-state index in [1.54, 1.807) is 36.6 Å². The van der Waals surface area contributed by atoms with E-state index < -0.39 is 0 Å². The van der Waals surface area contributed by atoms with Crippen LogP contribution >= 0.6 is 11.3 Å². The lowest BCUT2D eigenvalue weighted by Gasteiger charge is -2.11. The van der Waals surface area contributed by atoms with Crippen molar-refractivity contribution < 1.29 is 14.3 Å². The van der Waals surface area contributed by atoms with Crippen molar-refractivity contribution in [3.63, 3.8) is 0 Å². The van der Waals surface area contributed by atoms with Gasteiger partial charge in [-0.1, -0.05) is 30.3 Å². The highest BCUT2D eigenvalue weighted by atomic mass is 32.1. The van der Waals surface area contributed by atoms with Gasteiger partial charge in [-0.3, -0.25) is 4.79 Å². The second-order valence-electron chi connectivity index (χ2n) is 5.60. The molecule has 0 spiro atoms. The van der Waals surface area contributed by atoms with Crippen LogP contribution in [0, 0.1) is 6.92 Å². The molecule has 0 fully saturated rings. The van der Waals surface area contributed by atoms with Gasteiger partial charge in [-0.25, -0.2) is 4.98 Å². The van der Waals surface area contributed by atoms with Gasteiger partial charge >= 0.3 is 0 Å². The average molecular weight is 353 g/mol. The molecule has 0 aliphatic rings. The molecule has 0 amide bonds. The van der Waals surface area contributed by atoms with E-state index in [4.69, 9.17) is 9.47 Å². The fraction of sp³-hybridized carbons (Fsp3) is 0.200. The summed E-state index contributed by atoms with van der Waals surface area (Å²) in [7, 11) is 1.59. The zero-order valence-corrected chi connectivity index (χ0v) is 15.2. The van der Waals surface area contributed by atoms with Crippen molar-refractivity contribution in [3.8, 4) is 22.1 Å². The zero-order valence-electron chi connectivity index (χ0n) is 14.4. The standard InChI is InChI=1S/C20H19NO3S/c1-13-19(25-20(21-13)15-7-5-4-6-8-15)12-24-18-11-16(23-3)9-10-17(18)14(2)22/h4-11H,12H2,1-3H3. The molecule has 1 heterocycles.